The number of aromatic nitrogens is 2. The van der Waals surface area contributed by atoms with Crippen LogP contribution in [0.15, 0.2) is 18.5 Å². The van der Waals surface area contributed by atoms with Crippen molar-refractivity contribution in [3.8, 4) is 0 Å². The van der Waals surface area contributed by atoms with Crippen molar-refractivity contribution < 1.29 is 9.47 Å². The molecule has 0 spiro atoms. The minimum Gasteiger partial charge on any atom is -0.350 e. The van der Waals surface area contributed by atoms with Gasteiger partial charge in [-0.05, 0) is 102 Å². The Morgan fingerprint density at radius 3 is 1.49 bits per heavy atom. The molecule has 1 saturated carbocycles. The first-order valence-corrected chi connectivity index (χ1v) is 19.6. The first kappa shape index (κ1) is 42.1. The van der Waals surface area contributed by atoms with Crippen molar-refractivity contribution in [2.24, 2.45) is 28.1 Å². The van der Waals surface area contributed by atoms with Gasteiger partial charge in [0, 0.05) is 74.7 Å². The van der Waals surface area contributed by atoms with Gasteiger partial charge in [-0.25, -0.2) is 9.97 Å². The second-order valence-corrected chi connectivity index (χ2v) is 19.7. The molecule has 1 aromatic heterocycles. The lowest BCUT2D eigenvalue weighted by molar-refractivity contribution is -0.112. The summed E-state index contributed by atoms with van der Waals surface area (Å²) < 4.78 is 10.6. The van der Waals surface area contributed by atoms with Gasteiger partial charge >= 0.3 is 0 Å². The van der Waals surface area contributed by atoms with Crippen molar-refractivity contribution in [3.05, 3.63) is 18.5 Å². The lowest BCUT2D eigenvalue weighted by atomic mass is 9.75. The van der Waals surface area contributed by atoms with Crippen molar-refractivity contribution in [1.29, 1.82) is 0 Å². The Morgan fingerprint density at radius 1 is 0.633 bits per heavy atom. The molecular weight excluding hydrogens is 608 g/mol. The van der Waals surface area contributed by atoms with Crippen LogP contribution in [0.2, 0.25) is 0 Å². The van der Waals surface area contributed by atoms with E-state index in [2.05, 4.69) is 126 Å². The minimum atomic E-state index is 0.0116. The quantitative estimate of drug-likeness (QED) is 0.317. The van der Waals surface area contributed by atoms with Crippen LogP contribution in [0.4, 0.5) is 5.95 Å². The van der Waals surface area contributed by atoms with Crippen LogP contribution in [-0.2, 0) is 9.47 Å². The van der Waals surface area contributed by atoms with Crippen molar-refractivity contribution in [2.45, 2.75) is 147 Å². The second kappa shape index (κ2) is 17.9. The van der Waals surface area contributed by atoms with E-state index in [4.69, 9.17) is 9.47 Å². The third kappa shape index (κ3) is 14.3. The molecule has 4 saturated heterocycles. The zero-order chi connectivity index (χ0) is 36.6. The van der Waals surface area contributed by atoms with Crippen LogP contribution in [0, 0.1) is 28.1 Å². The van der Waals surface area contributed by atoms with E-state index in [0.29, 0.717) is 16.4 Å². The molecule has 5 aliphatic rings. The average Bonchev–Trinajstić information content (AvgIpc) is 3.68. The van der Waals surface area contributed by atoms with Gasteiger partial charge in [-0.1, -0.05) is 62.3 Å². The van der Waals surface area contributed by atoms with E-state index in [-0.39, 0.29) is 11.7 Å². The molecule has 0 unspecified atom stereocenters. The Bertz CT molecular complexity index is 1010. The van der Waals surface area contributed by atoms with Crippen molar-refractivity contribution in [3.63, 3.8) is 0 Å². The highest BCUT2D eigenvalue weighted by Gasteiger charge is 2.37. The van der Waals surface area contributed by atoms with Crippen molar-refractivity contribution in [1.82, 2.24) is 24.7 Å². The van der Waals surface area contributed by atoms with E-state index < -0.39 is 0 Å². The fourth-order valence-corrected chi connectivity index (χ4v) is 6.98. The van der Waals surface area contributed by atoms with Gasteiger partial charge in [0.2, 0.25) is 5.95 Å². The third-order valence-electron chi connectivity index (χ3n) is 11.1. The van der Waals surface area contributed by atoms with Crippen LogP contribution < -0.4 is 4.90 Å². The maximum Gasteiger partial charge on any atom is 0.225 e. The standard InChI is InChI=1S/C12H25N.C11H17N3.C11H22N2.C7H14O2/c1-10(2)13-8-6-11(7-9-13)12(3,4)5;1-11(2,3)9-7-14(8-9)10-12-5-4-6-13-10;1-11(2,3)13-8-6-12(7-9-13)10-4-5-10;1-7(2,3)6-8-4-5-9-6/h10-11H,6-9H2,1-5H3;4-6,9H,7-8H2,1-3H3;10H,4-9H2,1-3H3;6H,4-5H2,1-3H3. The summed E-state index contributed by atoms with van der Waals surface area (Å²) in [4.78, 5) is 18.6. The molecule has 4 aliphatic heterocycles. The monoisotopic (exact) mass is 687 g/mol. The summed E-state index contributed by atoms with van der Waals surface area (Å²) in [6, 6.07) is 3.55. The Labute approximate surface area is 303 Å². The smallest absolute Gasteiger partial charge is 0.225 e. The van der Waals surface area contributed by atoms with Crippen molar-refractivity contribution >= 4 is 5.95 Å². The Morgan fingerprint density at radius 2 is 1.12 bits per heavy atom. The summed E-state index contributed by atoms with van der Waals surface area (Å²) in [6.45, 7) is 43.3. The lowest BCUT2D eigenvalue weighted by Crippen LogP contribution is -2.53. The van der Waals surface area contributed by atoms with Gasteiger partial charge in [0.25, 0.3) is 0 Å². The van der Waals surface area contributed by atoms with Crippen LogP contribution in [0.25, 0.3) is 0 Å². The number of piperidine rings is 1. The molecule has 284 valence electrons. The zero-order valence-electron chi connectivity index (χ0n) is 34.5. The fourth-order valence-electron chi connectivity index (χ4n) is 6.98. The maximum atomic E-state index is 5.30. The molecule has 49 heavy (non-hydrogen) atoms. The highest BCUT2D eigenvalue weighted by atomic mass is 16.7. The van der Waals surface area contributed by atoms with E-state index in [1.54, 1.807) is 12.4 Å². The largest absolute Gasteiger partial charge is 0.350 e. The maximum absolute atomic E-state index is 5.30. The number of nitrogens with zero attached hydrogens (tertiary/aromatic N) is 6. The van der Waals surface area contributed by atoms with Crippen molar-refractivity contribution in [2.75, 3.05) is 70.5 Å². The van der Waals surface area contributed by atoms with Crippen LogP contribution in [0.5, 0.6) is 0 Å². The number of anilines is 1. The molecule has 5 fully saturated rings. The fraction of sp³-hybridized carbons (Fsp3) is 0.902. The van der Waals surface area contributed by atoms with Gasteiger partial charge in [-0.3, -0.25) is 9.80 Å². The first-order chi connectivity index (χ1) is 22.7. The topological polar surface area (TPSA) is 57.2 Å². The van der Waals surface area contributed by atoms with Gasteiger partial charge in [0.1, 0.15) is 0 Å². The van der Waals surface area contributed by atoms with Crippen LogP contribution in [-0.4, -0.2) is 114 Å². The molecule has 1 aromatic rings. The van der Waals surface area contributed by atoms with Gasteiger partial charge in [0.05, 0.1) is 13.2 Å². The van der Waals surface area contributed by atoms with E-state index in [9.17, 15) is 0 Å². The molecule has 0 aromatic carbocycles. The molecule has 6 rings (SSSR count). The average molecular weight is 687 g/mol. The zero-order valence-corrected chi connectivity index (χ0v) is 34.5. The first-order valence-electron chi connectivity index (χ1n) is 19.6. The van der Waals surface area contributed by atoms with Gasteiger partial charge in [0.15, 0.2) is 6.29 Å². The Balaban J connectivity index is 0.000000179. The van der Waals surface area contributed by atoms with Gasteiger partial charge in [-0.2, -0.15) is 0 Å². The number of rotatable bonds is 3. The highest BCUT2D eigenvalue weighted by molar-refractivity contribution is 5.33. The summed E-state index contributed by atoms with van der Waals surface area (Å²) >= 11 is 0. The summed E-state index contributed by atoms with van der Waals surface area (Å²) in [5.74, 6) is 2.57. The molecular formula is C41H78N6O2. The highest BCUT2D eigenvalue weighted by Crippen LogP contribution is 2.36. The van der Waals surface area contributed by atoms with E-state index in [1.807, 2.05) is 6.07 Å². The molecule has 5 heterocycles. The molecule has 0 atom stereocenters. The van der Waals surface area contributed by atoms with Crippen LogP contribution >= 0.6 is 0 Å². The lowest BCUT2D eigenvalue weighted by Gasteiger charge is -2.46. The molecule has 0 bridgehead atoms. The predicted octanol–water partition coefficient (Wildman–Crippen LogP) is 8.08. The molecule has 0 radical (unpaired) electrons. The summed E-state index contributed by atoms with van der Waals surface area (Å²) in [5.41, 5.74) is 1.43. The molecule has 0 amide bonds. The van der Waals surface area contributed by atoms with Crippen LogP contribution in [0.1, 0.15) is 123 Å². The normalized spacial score (nSPS) is 22.8. The van der Waals surface area contributed by atoms with Crippen LogP contribution in [0.3, 0.4) is 0 Å². The Kier molecular flexibility index (Phi) is 15.4. The minimum absolute atomic E-state index is 0.0116. The SMILES string of the molecule is CC(C)(C)C1CN(c2ncccn2)C1.CC(C)(C)C1OCCO1.CC(C)(C)N1CCN(C2CC2)CC1.CC(C)N1CCC(C(C)(C)C)CC1. The number of hydrogen-bond acceptors (Lipinski definition) is 8. The Hall–Kier alpha value is -1.32. The molecule has 0 N–H and O–H groups in total. The van der Waals surface area contributed by atoms with E-state index in [0.717, 1.165) is 56.2 Å². The number of piperazine rings is 1. The predicted molar refractivity (Wildman–Crippen MR) is 207 cm³/mol. The third-order valence-corrected chi connectivity index (χ3v) is 11.1. The number of likely N-dealkylation sites (tertiary alicyclic amines) is 1. The number of hydrogen-bond donors (Lipinski definition) is 0. The van der Waals surface area contributed by atoms with E-state index in [1.165, 1.54) is 65.0 Å². The second-order valence-electron chi connectivity index (χ2n) is 19.7. The van der Waals surface area contributed by atoms with E-state index >= 15 is 0 Å². The van der Waals surface area contributed by atoms with Gasteiger partial charge < -0.3 is 19.3 Å². The molecule has 8 nitrogen and oxygen atoms in total. The molecule has 1 aliphatic carbocycles. The summed E-state index contributed by atoms with van der Waals surface area (Å²) in [7, 11) is 0. The number of ether oxygens (including phenoxy) is 2. The summed E-state index contributed by atoms with van der Waals surface area (Å²) in [5, 5.41) is 0. The summed E-state index contributed by atoms with van der Waals surface area (Å²) in [6.07, 6.45) is 9.30. The van der Waals surface area contributed by atoms with Gasteiger partial charge in [-0.15, -0.1) is 0 Å². The molecule has 8 heteroatoms.